The van der Waals surface area contributed by atoms with Gasteiger partial charge in [0, 0.05) is 11.4 Å². The molecule has 2 unspecified atom stereocenters. The third kappa shape index (κ3) is 3.18. The Morgan fingerprint density at radius 1 is 1.33 bits per heavy atom. The molecule has 1 aliphatic rings. The summed E-state index contributed by atoms with van der Waals surface area (Å²) in [7, 11) is 0. The SMILES string of the molecule is CC1CCCC(NC(=O)c2cc3ccccc3c(Cl)n2)C1. The van der Waals surface area contributed by atoms with Crippen LogP contribution in [-0.4, -0.2) is 16.9 Å². The Kier molecular flexibility index (Phi) is 4.11. The summed E-state index contributed by atoms with van der Waals surface area (Å²) in [5, 5.41) is 5.30. The Morgan fingerprint density at radius 3 is 2.95 bits per heavy atom. The van der Waals surface area contributed by atoms with E-state index < -0.39 is 0 Å². The van der Waals surface area contributed by atoms with Crippen LogP contribution in [0.5, 0.6) is 0 Å². The van der Waals surface area contributed by atoms with Gasteiger partial charge < -0.3 is 5.32 Å². The van der Waals surface area contributed by atoms with Gasteiger partial charge in [0.15, 0.2) is 0 Å². The number of halogens is 1. The van der Waals surface area contributed by atoms with Crippen LogP contribution in [0.3, 0.4) is 0 Å². The van der Waals surface area contributed by atoms with E-state index in [-0.39, 0.29) is 11.9 Å². The fraction of sp³-hybridized carbons (Fsp3) is 0.412. The Hall–Kier alpha value is -1.61. The maximum absolute atomic E-state index is 12.4. The molecule has 0 spiro atoms. The summed E-state index contributed by atoms with van der Waals surface area (Å²) in [5.74, 6) is 0.555. The Labute approximate surface area is 129 Å². The van der Waals surface area contributed by atoms with Crippen molar-refractivity contribution in [2.24, 2.45) is 5.92 Å². The molecule has 1 aromatic carbocycles. The van der Waals surface area contributed by atoms with E-state index in [0.717, 1.165) is 23.6 Å². The van der Waals surface area contributed by atoms with E-state index in [1.54, 1.807) is 0 Å². The molecular formula is C17H19ClN2O. The van der Waals surface area contributed by atoms with E-state index in [2.05, 4.69) is 17.2 Å². The van der Waals surface area contributed by atoms with Crippen molar-refractivity contribution in [1.29, 1.82) is 0 Å². The van der Waals surface area contributed by atoms with Crippen LogP contribution in [0.2, 0.25) is 5.15 Å². The summed E-state index contributed by atoms with van der Waals surface area (Å²) in [6.07, 6.45) is 4.54. The van der Waals surface area contributed by atoms with Crippen molar-refractivity contribution in [3.05, 3.63) is 41.2 Å². The molecule has 1 aliphatic carbocycles. The number of carbonyl (C=O) groups excluding carboxylic acids is 1. The monoisotopic (exact) mass is 302 g/mol. The van der Waals surface area contributed by atoms with Crippen LogP contribution < -0.4 is 5.32 Å². The summed E-state index contributed by atoms with van der Waals surface area (Å²) in [4.78, 5) is 16.6. The van der Waals surface area contributed by atoms with Crippen LogP contribution in [0.25, 0.3) is 10.8 Å². The van der Waals surface area contributed by atoms with Crippen molar-refractivity contribution in [2.45, 2.75) is 38.6 Å². The average Bonchev–Trinajstić information content (AvgIpc) is 2.47. The number of aromatic nitrogens is 1. The standard InChI is InChI=1S/C17H19ClN2O/c1-11-5-4-7-13(9-11)19-17(21)15-10-12-6-2-3-8-14(12)16(18)20-15/h2-3,6,8,10-11,13H,4-5,7,9H2,1H3,(H,19,21). The van der Waals surface area contributed by atoms with Crippen LogP contribution in [0.4, 0.5) is 0 Å². The molecule has 1 N–H and O–H groups in total. The number of benzene rings is 1. The highest BCUT2D eigenvalue weighted by Crippen LogP contribution is 2.25. The highest BCUT2D eigenvalue weighted by Gasteiger charge is 2.21. The van der Waals surface area contributed by atoms with Gasteiger partial charge in [0.1, 0.15) is 10.8 Å². The summed E-state index contributed by atoms with van der Waals surface area (Å²) < 4.78 is 0. The van der Waals surface area contributed by atoms with Crippen LogP contribution in [0.15, 0.2) is 30.3 Å². The molecule has 3 nitrogen and oxygen atoms in total. The lowest BCUT2D eigenvalue weighted by atomic mass is 9.87. The minimum Gasteiger partial charge on any atom is -0.348 e. The zero-order valence-electron chi connectivity index (χ0n) is 12.1. The van der Waals surface area contributed by atoms with Crippen molar-refractivity contribution in [2.75, 3.05) is 0 Å². The first kappa shape index (κ1) is 14.3. The molecule has 1 heterocycles. The normalized spacial score (nSPS) is 22.2. The average molecular weight is 303 g/mol. The van der Waals surface area contributed by atoms with Gasteiger partial charge in [-0.05, 0) is 30.2 Å². The summed E-state index contributed by atoms with van der Waals surface area (Å²) in [6, 6.07) is 9.77. The smallest absolute Gasteiger partial charge is 0.270 e. The Morgan fingerprint density at radius 2 is 2.14 bits per heavy atom. The molecule has 1 aromatic heterocycles. The molecule has 2 aromatic rings. The molecule has 4 heteroatoms. The Balaban J connectivity index is 1.81. The maximum atomic E-state index is 12.4. The topological polar surface area (TPSA) is 42.0 Å². The highest BCUT2D eigenvalue weighted by molar-refractivity contribution is 6.34. The van der Waals surface area contributed by atoms with Crippen molar-refractivity contribution in [3.63, 3.8) is 0 Å². The number of amides is 1. The molecular weight excluding hydrogens is 284 g/mol. The van der Waals surface area contributed by atoms with Crippen molar-refractivity contribution in [3.8, 4) is 0 Å². The minimum atomic E-state index is -0.123. The third-order valence-corrected chi connectivity index (χ3v) is 4.49. The molecule has 2 atom stereocenters. The van der Waals surface area contributed by atoms with Crippen LogP contribution >= 0.6 is 11.6 Å². The number of fused-ring (bicyclic) bond motifs is 1. The lowest BCUT2D eigenvalue weighted by Gasteiger charge is -2.27. The number of rotatable bonds is 2. The fourth-order valence-electron chi connectivity index (χ4n) is 3.10. The third-order valence-electron chi connectivity index (χ3n) is 4.20. The maximum Gasteiger partial charge on any atom is 0.270 e. The van der Waals surface area contributed by atoms with Crippen molar-refractivity contribution >= 4 is 28.3 Å². The molecule has 0 radical (unpaired) electrons. The second kappa shape index (κ2) is 6.02. The van der Waals surface area contributed by atoms with E-state index in [9.17, 15) is 4.79 Å². The zero-order valence-corrected chi connectivity index (χ0v) is 12.9. The van der Waals surface area contributed by atoms with Crippen LogP contribution in [-0.2, 0) is 0 Å². The Bertz CT molecular complexity index is 671. The molecule has 3 rings (SSSR count). The number of pyridine rings is 1. The van der Waals surface area contributed by atoms with Crippen LogP contribution in [0.1, 0.15) is 43.1 Å². The highest BCUT2D eigenvalue weighted by atomic mass is 35.5. The predicted molar refractivity (Wildman–Crippen MR) is 85.6 cm³/mol. The van der Waals surface area contributed by atoms with E-state index in [0.29, 0.717) is 16.8 Å². The largest absolute Gasteiger partial charge is 0.348 e. The molecule has 1 fully saturated rings. The lowest BCUT2D eigenvalue weighted by molar-refractivity contribution is 0.0916. The van der Waals surface area contributed by atoms with E-state index in [1.165, 1.54) is 12.8 Å². The second-order valence-electron chi connectivity index (χ2n) is 5.96. The van der Waals surface area contributed by atoms with Gasteiger partial charge in [0.25, 0.3) is 5.91 Å². The predicted octanol–water partition coefficient (Wildman–Crippen LogP) is 4.20. The first-order valence-corrected chi connectivity index (χ1v) is 7.87. The molecule has 0 aliphatic heterocycles. The number of nitrogens with one attached hydrogen (secondary N) is 1. The molecule has 0 saturated heterocycles. The first-order valence-electron chi connectivity index (χ1n) is 7.49. The van der Waals surface area contributed by atoms with E-state index in [4.69, 9.17) is 11.6 Å². The molecule has 0 bridgehead atoms. The zero-order chi connectivity index (χ0) is 14.8. The summed E-state index contributed by atoms with van der Waals surface area (Å²) in [6.45, 7) is 2.24. The summed E-state index contributed by atoms with van der Waals surface area (Å²) >= 11 is 6.18. The van der Waals surface area contributed by atoms with Gasteiger partial charge in [0.2, 0.25) is 0 Å². The number of hydrogen-bond acceptors (Lipinski definition) is 2. The summed E-state index contributed by atoms with van der Waals surface area (Å²) in [5.41, 5.74) is 0.400. The van der Waals surface area contributed by atoms with E-state index >= 15 is 0 Å². The van der Waals surface area contributed by atoms with Gasteiger partial charge >= 0.3 is 0 Å². The van der Waals surface area contributed by atoms with Crippen molar-refractivity contribution in [1.82, 2.24) is 10.3 Å². The van der Waals surface area contributed by atoms with Gasteiger partial charge in [-0.3, -0.25) is 4.79 Å². The number of nitrogens with zero attached hydrogens (tertiary/aromatic N) is 1. The number of carbonyl (C=O) groups is 1. The first-order chi connectivity index (χ1) is 10.1. The minimum absolute atomic E-state index is 0.123. The molecule has 1 saturated carbocycles. The van der Waals surface area contributed by atoms with E-state index in [1.807, 2.05) is 30.3 Å². The van der Waals surface area contributed by atoms with Gasteiger partial charge in [-0.15, -0.1) is 0 Å². The lowest BCUT2D eigenvalue weighted by Crippen LogP contribution is -2.38. The quantitative estimate of drug-likeness (QED) is 0.845. The molecule has 21 heavy (non-hydrogen) atoms. The van der Waals surface area contributed by atoms with Gasteiger partial charge in [-0.1, -0.05) is 55.6 Å². The van der Waals surface area contributed by atoms with Gasteiger partial charge in [-0.25, -0.2) is 4.98 Å². The second-order valence-corrected chi connectivity index (χ2v) is 6.32. The van der Waals surface area contributed by atoms with Gasteiger partial charge in [0.05, 0.1) is 0 Å². The molecule has 110 valence electrons. The molecule has 1 amide bonds. The number of hydrogen-bond donors (Lipinski definition) is 1. The van der Waals surface area contributed by atoms with Crippen molar-refractivity contribution < 1.29 is 4.79 Å². The van der Waals surface area contributed by atoms with Crippen LogP contribution in [0, 0.1) is 5.92 Å². The fourth-order valence-corrected chi connectivity index (χ4v) is 3.36. The van der Waals surface area contributed by atoms with Gasteiger partial charge in [-0.2, -0.15) is 0 Å².